The molecule has 148 valence electrons. The van der Waals surface area contributed by atoms with Crippen LogP contribution in [0.3, 0.4) is 0 Å². The summed E-state index contributed by atoms with van der Waals surface area (Å²) in [5, 5.41) is 2.79. The van der Waals surface area contributed by atoms with Gasteiger partial charge in [-0.3, -0.25) is 19.3 Å². The molecule has 2 aromatic rings. The third kappa shape index (κ3) is 4.21. The van der Waals surface area contributed by atoms with Gasteiger partial charge in [0.15, 0.2) is 0 Å². The van der Waals surface area contributed by atoms with E-state index in [4.69, 9.17) is 4.74 Å². The van der Waals surface area contributed by atoms with Crippen LogP contribution in [0.25, 0.3) is 0 Å². The molecule has 1 aliphatic carbocycles. The van der Waals surface area contributed by atoms with Crippen molar-refractivity contribution >= 4 is 23.4 Å². The summed E-state index contributed by atoms with van der Waals surface area (Å²) in [6.45, 7) is 0.117. The van der Waals surface area contributed by atoms with Crippen LogP contribution < -0.4 is 10.1 Å². The highest BCUT2D eigenvalue weighted by Gasteiger charge is 2.46. The Morgan fingerprint density at radius 2 is 1.48 bits per heavy atom. The molecule has 4 rings (SSSR count). The second-order valence-electron chi connectivity index (χ2n) is 7.22. The molecule has 0 radical (unpaired) electrons. The topological polar surface area (TPSA) is 75.7 Å². The zero-order valence-electron chi connectivity index (χ0n) is 15.9. The summed E-state index contributed by atoms with van der Waals surface area (Å²) in [7, 11) is 0. The number of nitrogens with one attached hydrogen (secondary N) is 1. The van der Waals surface area contributed by atoms with Gasteiger partial charge in [-0.05, 0) is 49.2 Å². The minimum Gasteiger partial charge on any atom is -0.457 e. The smallest absolute Gasteiger partial charge is 0.233 e. The molecule has 2 aromatic carbocycles. The zero-order valence-corrected chi connectivity index (χ0v) is 15.9. The number of amides is 3. The predicted octanol–water partition coefficient (Wildman–Crippen LogP) is 3.76. The molecule has 1 heterocycles. The highest BCUT2D eigenvalue weighted by atomic mass is 16.5. The predicted molar refractivity (Wildman–Crippen MR) is 108 cm³/mol. The summed E-state index contributed by atoms with van der Waals surface area (Å²) >= 11 is 0. The second-order valence-corrected chi connectivity index (χ2v) is 7.22. The van der Waals surface area contributed by atoms with Crippen molar-refractivity contribution in [3.8, 4) is 11.5 Å². The lowest BCUT2D eigenvalue weighted by atomic mass is 9.85. The number of nitrogens with zero attached hydrogens (tertiary/aromatic N) is 1. The summed E-state index contributed by atoms with van der Waals surface area (Å²) in [5.74, 6) is 0.341. The van der Waals surface area contributed by atoms with Crippen LogP contribution in [0.4, 0.5) is 5.69 Å². The number of allylic oxidation sites excluding steroid dienone is 2. The standard InChI is InChI=1S/C23H22N2O4/c26-21(14-15-25-22(27)19-8-4-5-9-20(19)23(25)28)24-16-10-12-18(13-11-16)29-17-6-2-1-3-7-17/h1-7,10-13,19-20H,8-9,14-15H2,(H,24,26)/t19-,20-/m0/s1. The largest absolute Gasteiger partial charge is 0.457 e. The molecule has 6 nitrogen and oxygen atoms in total. The SMILES string of the molecule is O=C(CCN1C(=O)[C@H]2CC=CC[C@@H]2C1=O)Nc1ccc(Oc2ccccc2)cc1. The van der Waals surface area contributed by atoms with Crippen LogP contribution in [0.5, 0.6) is 11.5 Å². The van der Waals surface area contributed by atoms with Crippen LogP contribution >= 0.6 is 0 Å². The highest BCUT2D eigenvalue weighted by molar-refractivity contribution is 6.05. The normalized spacial score (nSPS) is 20.5. The van der Waals surface area contributed by atoms with Crippen LogP contribution in [0, 0.1) is 11.8 Å². The molecule has 2 aliphatic rings. The number of anilines is 1. The number of carbonyl (C=O) groups is 3. The fourth-order valence-electron chi connectivity index (χ4n) is 3.76. The van der Waals surface area contributed by atoms with Gasteiger partial charge in [-0.2, -0.15) is 0 Å². The summed E-state index contributed by atoms with van der Waals surface area (Å²) in [6.07, 6.45) is 5.19. The first-order chi connectivity index (χ1) is 14.1. The van der Waals surface area contributed by atoms with E-state index >= 15 is 0 Å². The average molecular weight is 390 g/mol. The monoisotopic (exact) mass is 390 g/mol. The van der Waals surface area contributed by atoms with Crippen molar-refractivity contribution in [3.05, 3.63) is 66.7 Å². The van der Waals surface area contributed by atoms with Gasteiger partial charge < -0.3 is 10.1 Å². The van der Waals surface area contributed by atoms with Crippen molar-refractivity contribution in [2.45, 2.75) is 19.3 Å². The quantitative estimate of drug-likeness (QED) is 0.602. The number of imide groups is 1. The number of likely N-dealkylation sites (tertiary alicyclic amines) is 1. The Hall–Kier alpha value is -3.41. The Morgan fingerprint density at radius 1 is 0.897 bits per heavy atom. The Bertz CT molecular complexity index is 911. The molecule has 1 saturated heterocycles. The molecule has 1 N–H and O–H groups in total. The number of benzene rings is 2. The van der Waals surface area contributed by atoms with Crippen molar-refractivity contribution < 1.29 is 19.1 Å². The van der Waals surface area contributed by atoms with Crippen LogP contribution in [0.15, 0.2) is 66.7 Å². The third-order valence-corrected chi connectivity index (χ3v) is 5.28. The van der Waals surface area contributed by atoms with E-state index in [9.17, 15) is 14.4 Å². The second kappa shape index (κ2) is 8.31. The van der Waals surface area contributed by atoms with Crippen molar-refractivity contribution in [1.29, 1.82) is 0 Å². The van der Waals surface area contributed by atoms with E-state index in [1.807, 2.05) is 42.5 Å². The fourth-order valence-corrected chi connectivity index (χ4v) is 3.76. The molecule has 1 aliphatic heterocycles. The number of rotatable bonds is 6. The first-order valence-electron chi connectivity index (χ1n) is 9.75. The van der Waals surface area contributed by atoms with E-state index in [0.717, 1.165) is 5.75 Å². The minimum atomic E-state index is -0.257. The number of hydrogen-bond acceptors (Lipinski definition) is 4. The van der Waals surface area contributed by atoms with Gasteiger partial charge in [-0.15, -0.1) is 0 Å². The van der Waals surface area contributed by atoms with E-state index in [2.05, 4.69) is 5.32 Å². The van der Waals surface area contributed by atoms with Crippen molar-refractivity contribution in [2.24, 2.45) is 11.8 Å². The summed E-state index contributed by atoms with van der Waals surface area (Å²) in [5.41, 5.74) is 0.632. The van der Waals surface area contributed by atoms with Crippen molar-refractivity contribution in [2.75, 3.05) is 11.9 Å². The van der Waals surface area contributed by atoms with Gasteiger partial charge in [0, 0.05) is 18.7 Å². The summed E-state index contributed by atoms with van der Waals surface area (Å²) < 4.78 is 5.72. The minimum absolute atomic E-state index is 0.0760. The number of hydrogen-bond donors (Lipinski definition) is 1. The lowest BCUT2D eigenvalue weighted by molar-refractivity contribution is -0.140. The highest BCUT2D eigenvalue weighted by Crippen LogP contribution is 2.35. The van der Waals surface area contributed by atoms with E-state index in [-0.39, 0.29) is 42.5 Å². The summed E-state index contributed by atoms with van der Waals surface area (Å²) in [4.78, 5) is 38.4. The first kappa shape index (κ1) is 18.9. The lowest BCUT2D eigenvalue weighted by Crippen LogP contribution is -2.34. The first-order valence-corrected chi connectivity index (χ1v) is 9.75. The van der Waals surface area contributed by atoms with Crippen LogP contribution in [0.2, 0.25) is 0 Å². The molecule has 6 heteroatoms. The van der Waals surface area contributed by atoms with Gasteiger partial charge in [-0.1, -0.05) is 30.4 Å². The molecule has 2 atom stereocenters. The summed E-state index contributed by atoms with van der Waals surface area (Å²) in [6, 6.07) is 16.5. The number of carbonyl (C=O) groups excluding carboxylic acids is 3. The molecule has 3 amide bonds. The molecular weight excluding hydrogens is 368 g/mol. The molecular formula is C23H22N2O4. The molecule has 0 spiro atoms. The van der Waals surface area contributed by atoms with Crippen molar-refractivity contribution in [3.63, 3.8) is 0 Å². The molecule has 0 saturated carbocycles. The van der Waals surface area contributed by atoms with Crippen LogP contribution in [0.1, 0.15) is 19.3 Å². The zero-order chi connectivity index (χ0) is 20.2. The van der Waals surface area contributed by atoms with Gasteiger partial charge in [-0.25, -0.2) is 0 Å². The van der Waals surface area contributed by atoms with Crippen molar-refractivity contribution in [1.82, 2.24) is 4.90 Å². The van der Waals surface area contributed by atoms with Gasteiger partial charge in [0.25, 0.3) is 0 Å². The maximum absolute atomic E-state index is 12.4. The van der Waals surface area contributed by atoms with Crippen LogP contribution in [-0.2, 0) is 14.4 Å². The molecule has 1 fully saturated rings. The Kier molecular flexibility index (Phi) is 5.42. The average Bonchev–Trinajstić information content (AvgIpc) is 2.99. The maximum atomic E-state index is 12.4. The van der Waals surface area contributed by atoms with Gasteiger partial charge in [0.2, 0.25) is 17.7 Å². The molecule has 0 aromatic heterocycles. The molecule has 0 unspecified atom stereocenters. The molecule has 29 heavy (non-hydrogen) atoms. The fraction of sp³-hybridized carbons (Fsp3) is 0.261. The Morgan fingerprint density at radius 3 is 2.10 bits per heavy atom. The Balaban J connectivity index is 1.29. The molecule has 0 bridgehead atoms. The Labute approximate surface area is 169 Å². The van der Waals surface area contributed by atoms with Gasteiger partial charge in [0.05, 0.1) is 11.8 Å². The van der Waals surface area contributed by atoms with Crippen LogP contribution in [-0.4, -0.2) is 29.2 Å². The van der Waals surface area contributed by atoms with E-state index < -0.39 is 0 Å². The number of ether oxygens (including phenoxy) is 1. The maximum Gasteiger partial charge on any atom is 0.233 e. The lowest BCUT2D eigenvalue weighted by Gasteiger charge is -2.14. The van der Waals surface area contributed by atoms with E-state index in [1.54, 1.807) is 24.3 Å². The number of para-hydroxylation sites is 1. The van der Waals surface area contributed by atoms with E-state index in [1.165, 1.54) is 4.90 Å². The van der Waals surface area contributed by atoms with E-state index in [0.29, 0.717) is 24.3 Å². The van der Waals surface area contributed by atoms with Gasteiger partial charge in [0.1, 0.15) is 11.5 Å². The number of fused-ring (bicyclic) bond motifs is 1. The van der Waals surface area contributed by atoms with Gasteiger partial charge >= 0.3 is 0 Å². The third-order valence-electron chi connectivity index (χ3n) is 5.28.